The van der Waals surface area contributed by atoms with Crippen molar-refractivity contribution in [3.8, 4) is 0 Å². The molecule has 7 nitrogen and oxygen atoms in total. The van der Waals surface area contributed by atoms with Gasteiger partial charge in [-0.2, -0.15) is 0 Å². The van der Waals surface area contributed by atoms with E-state index < -0.39 is 11.4 Å². The zero-order chi connectivity index (χ0) is 18.9. The predicted octanol–water partition coefficient (Wildman–Crippen LogP) is 1.96. The van der Waals surface area contributed by atoms with Gasteiger partial charge in [-0.05, 0) is 44.9 Å². The number of carboxylic acids is 1. The van der Waals surface area contributed by atoms with Gasteiger partial charge in [0.05, 0.1) is 16.3 Å². The van der Waals surface area contributed by atoms with Gasteiger partial charge in [-0.3, -0.25) is 19.0 Å². The van der Waals surface area contributed by atoms with Crippen molar-refractivity contribution in [1.29, 1.82) is 0 Å². The molecule has 1 aliphatic heterocycles. The van der Waals surface area contributed by atoms with Gasteiger partial charge in [-0.1, -0.05) is 6.42 Å². The fourth-order valence-electron chi connectivity index (χ4n) is 3.04. The van der Waals surface area contributed by atoms with Crippen LogP contribution in [0.1, 0.15) is 49.3 Å². The number of nitrogens with zero attached hydrogens (tertiary/aromatic N) is 2. The molecular weight excluding hydrogens is 334 g/mol. The highest BCUT2D eigenvalue weighted by atomic mass is 16.4. The molecule has 2 N–H and O–H groups in total. The van der Waals surface area contributed by atoms with Crippen LogP contribution < -0.4 is 10.9 Å². The van der Waals surface area contributed by atoms with Crippen LogP contribution in [0.4, 0.5) is 0 Å². The minimum atomic E-state index is -1.05. The van der Waals surface area contributed by atoms with E-state index >= 15 is 0 Å². The van der Waals surface area contributed by atoms with Crippen molar-refractivity contribution >= 4 is 22.8 Å². The Labute approximate surface area is 151 Å². The van der Waals surface area contributed by atoms with Gasteiger partial charge >= 0.3 is 5.97 Å². The first-order valence-electron chi connectivity index (χ1n) is 8.85. The normalized spacial score (nSPS) is 14.5. The summed E-state index contributed by atoms with van der Waals surface area (Å²) in [5, 5.41) is 12.3. The maximum absolute atomic E-state index is 12.7. The number of aryl methyl sites for hydroxylation is 1. The Kier molecular flexibility index (Phi) is 4.80. The van der Waals surface area contributed by atoms with Crippen molar-refractivity contribution in [3.63, 3.8) is 0 Å². The lowest BCUT2D eigenvalue weighted by atomic mass is 9.94. The van der Waals surface area contributed by atoms with Gasteiger partial charge in [-0.15, -0.1) is 0 Å². The van der Waals surface area contributed by atoms with Crippen LogP contribution in [0.15, 0.2) is 23.0 Å². The first kappa shape index (κ1) is 18.1. The summed E-state index contributed by atoms with van der Waals surface area (Å²) in [4.78, 5) is 40.8. The number of rotatable bonds is 4. The average Bonchev–Trinajstić information content (AvgIpc) is 2.85. The molecule has 26 heavy (non-hydrogen) atoms. The van der Waals surface area contributed by atoms with Crippen LogP contribution >= 0.6 is 0 Å². The summed E-state index contributed by atoms with van der Waals surface area (Å²) >= 11 is 0. The number of hydrogen-bond acceptors (Lipinski definition) is 4. The highest BCUT2D eigenvalue weighted by molar-refractivity contribution is 5.97. The largest absolute Gasteiger partial charge is 0.481 e. The molecule has 0 fully saturated rings. The molecule has 1 aliphatic rings. The Balaban J connectivity index is 1.90. The van der Waals surface area contributed by atoms with Gasteiger partial charge in [0.1, 0.15) is 5.82 Å². The third-order valence-corrected chi connectivity index (χ3v) is 4.85. The van der Waals surface area contributed by atoms with Crippen molar-refractivity contribution in [2.24, 2.45) is 5.41 Å². The smallest absolute Gasteiger partial charge is 0.310 e. The maximum Gasteiger partial charge on any atom is 0.310 e. The molecule has 0 radical (unpaired) electrons. The number of benzene rings is 1. The van der Waals surface area contributed by atoms with E-state index in [0.29, 0.717) is 23.0 Å². The lowest BCUT2D eigenvalue weighted by molar-refractivity contribution is -0.146. The molecule has 2 heterocycles. The molecule has 1 aromatic carbocycles. The first-order chi connectivity index (χ1) is 12.3. The first-order valence-corrected chi connectivity index (χ1v) is 8.85. The Bertz CT molecular complexity index is 930. The minimum Gasteiger partial charge on any atom is -0.481 e. The van der Waals surface area contributed by atoms with Crippen LogP contribution in [0.2, 0.25) is 0 Å². The highest BCUT2D eigenvalue weighted by Crippen LogP contribution is 2.17. The molecule has 7 heteroatoms. The van der Waals surface area contributed by atoms with E-state index in [1.807, 2.05) is 0 Å². The number of carbonyl (C=O) groups is 2. The average molecular weight is 357 g/mol. The van der Waals surface area contributed by atoms with E-state index in [1.54, 1.807) is 36.6 Å². The maximum atomic E-state index is 12.7. The molecule has 3 rings (SSSR count). The summed E-state index contributed by atoms with van der Waals surface area (Å²) in [5.41, 5.74) is -0.246. The topological polar surface area (TPSA) is 101 Å². The molecule has 0 saturated carbocycles. The number of aromatic nitrogens is 2. The molecule has 0 atom stereocenters. The number of aliphatic carboxylic acids is 1. The molecule has 1 amide bonds. The van der Waals surface area contributed by atoms with Crippen LogP contribution in [0.25, 0.3) is 10.9 Å². The van der Waals surface area contributed by atoms with Gasteiger partial charge in [0.2, 0.25) is 0 Å². The van der Waals surface area contributed by atoms with Gasteiger partial charge in [0.15, 0.2) is 0 Å². The lowest BCUT2D eigenvalue weighted by Crippen LogP contribution is -2.38. The standard InChI is InChI=1S/C19H23N3O4/c1-19(2,18(25)26)11-20-16(23)12-7-8-13-14(10-12)21-15-6-4-3-5-9-22(15)17(13)24/h7-8,10H,3-6,9,11H2,1-2H3,(H,20,23)(H,25,26). The zero-order valence-corrected chi connectivity index (χ0v) is 15.0. The van der Waals surface area contributed by atoms with Crippen LogP contribution in [-0.4, -0.2) is 33.1 Å². The molecule has 0 bridgehead atoms. The fraction of sp³-hybridized carbons (Fsp3) is 0.474. The van der Waals surface area contributed by atoms with E-state index in [9.17, 15) is 14.4 Å². The Morgan fingerprint density at radius 1 is 1.27 bits per heavy atom. The summed E-state index contributed by atoms with van der Waals surface area (Å²) in [6.45, 7) is 3.80. The second-order valence-corrected chi connectivity index (χ2v) is 7.40. The van der Waals surface area contributed by atoms with Crippen molar-refractivity contribution in [2.45, 2.75) is 46.1 Å². The quantitative estimate of drug-likeness (QED) is 0.871. The third-order valence-electron chi connectivity index (χ3n) is 4.85. The van der Waals surface area contributed by atoms with Gasteiger partial charge in [0, 0.05) is 25.1 Å². The van der Waals surface area contributed by atoms with Gasteiger partial charge < -0.3 is 10.4 Å². The van der Waals surface area contributed by atoms with Gasteiger partial charge in [0.25, 0.3) is 11.5 Å². The monoisotopic (exact) mass is 357 g/mol. The SMILES string of the molecule is CC(C)(CNC(=O)c1ccc2c(=O)n3c(nc2c1)CCCCC3)C(=O)O. The fourth-order valence-corrected chi connectivity index (χ4v) is 3.04. The summed E-state index contributed by atoms with van der Waals surface area (Å²) < 4.78 is 1.74. The van der Waals surface area contributed by atoms with E-state index in [4.69, 9.17) is 5.11 Å². The number of hydrogen-bond donors (Lipinski definition) is 2. The Hall–Kier alpha value is -2.70. The van der Waals surface area contributed by atoms with Crippen LogP contribution in [-0.2, 0) is 17.8 Å². The van der Waals surface area contributed by atoms with E-state index in [0.717, 1.165) is 31.5 Å². The second kappa shape index (κ2) is 6.90. The Morgan fingerprint density at radius 3 is 2.77 bits per heavy atom. The summed E-state index contributed by atoms with van der Waals surface area (Å²) in [6, 6.07) is 4.81. The Morgan fingerprint density at radius 2 is 2.04 bits per heavy atom. The van der Waals surface area contributed by atoms with Crippen LogP contribution in [0.3, 0.4) is 0 Å². The minimum absolute atomic E-state index is 0.0134. The summed E-state index contributed by atoms with van der Waals surface area (Å²) in [5.74, 6) is -0.587. The van der Waals surface area contributed by atoms with Crippen molar-refractivity contribution in [3.05, 3.63) is 39.9 Å². The molecular formula is C19H23N3O4. The predicted molar refractivity (Wildman–Crippen MR) is 97.3 cm³/mol. The molecule has 2 aromatic rings. The van der Waals surface area contributed by atoms with Gasteiger partial charge in [-0.25, -0.2) is 4.98 Å². The molecule has 1 aromatic heterocycles. The molecule has 0 aliphatic carbocycles. The van der Waals surface area contributed by atoms with Crippen LogP contribution in [0.5, 0.6) is 0 Å². The zero-order valence-electron chi connectivity index (χ0n) is 15.0. The molecule has 0 spiro atoms. The number of nitrogens with one attached hydrogen (secondary N) is 1. The van der Waals surface area contributed by atoms with Crippen molar-refractivity contribution < 1.29 is 14.7 Å². The van der Waals surface area contributed by atoms with E-state index in [1.165, 1.54) is 0 Å². The second-order valence-electron chi connectivity index (χ2n) is 7.40. The van der Waals surface area contributed by atoms with Crippen molar-refractivity contribution in [1.82, 2.24) is 14.9 Å². The molecule has 138 valence electrons. The van der Waals surface area contributed by atoms with Crippen LogP contribution in [0, 0.1) is 5.41 Å². The van der Waals surface area contributed by atoms with E-state index in [-0.39, 0.29) is 18.0 Å². The third kappa shape index (κ3) is 3.47. The molecule has 0 unspecified atom stereocenters. The molecule has 0 saturated heterocycles. The summed E-state index contributed by atoms with van der Waals surface area (Å²) in [7, 11) is 0. The number of carboxylic acid groups (broad SMARTS) is 1. The summed E-state index contributed by atoms with van der Waals surface area (Å²) in [6.07, 6.45) is 3.81. The van der Waals surface area contributed by atoms with E-state index in [2.05, 4.69) is 10.3 Å². The number of fused-ring (bicyclic) bond motifs is 2. The number of carbonyl (C=O) groups excluding carboxylic acids is 1. The lowest BCUT2D eigenvalue weighted by Gasteiger charge is -2.19. The highest BCUT2D eigenvalue weighted by Gasteiger charge is 2.27. The van der Waals surface area contributed by atoms with Crippen molar-refractivity contribution in [2.75, 3.05) is 6.54 Å². The number of amides is 1.